The van der Waals surface area contributed by atoms with Crippen LogP contribution in [-0.2, 0) is 4.79 Å². The van der Waals surface area contributed by atoms with E-state index in [1.54, 1.807) is 12.1 Å². The molecule has 2 amide bonds. The summed E-state index contributed by atoms with van der Waals surface area (Å²) < 4.78 is 5.49. The average molecular weight is 312 g/mol. The quantitative estimate of drug-likeness (QED) is 0.834. The first kappa shape index (κ1) is 16.5. The van der Waals surface area contributed by atoms with Crippen molar-refractivity contribution in [3.8, 4) is 5.75 Å². The maximum absolute atomic E-state index is 11.9. The Morgan fingerprint density at radius 3 is 2.52 bits per heavy atom. The van der Waals surface area contributed by atoms with Gasteiger partial charge in [-0.15, -0.1) is 0 Å². The lowest BCUT2D eigenvalue weighted by Crippen LogP contribution is -2.42. The van der Waals surface area contributed by atoms with Crippen LogP contribution in [0.4, 0.5) is 0 Å². The minimum atomic E-state index is -0.337. The van der Waals surface area contributed by atoms with Gasteiger partial charge in [-0.05, 0) is 43.2 Å². The third-order valence-electron chi connectivity index (χ3n) is 3.29. The average Bonchev–Trinajstić information content (AvgIpc) is 2.53. The van der Waals surface area contributed by atoms with Crippen molar-refractivity contribution in [2.75, 3.05) is 6.61 Å². The molecule has 0 bridgehead atoms. The van der Waals surface area contributed by atoms with Crippen molar-refractivity contribution in [3.05, 3.63) is 65.2 Å². The highest BCUT2D eigenvalue weighted by molar-refractivity contribution is 5.96. The molecule has 0 saturated heterocycles. The fourth-order valence-corrected chi connectivity index (χ4v) is 2.05. The minimum Gasteiger partial charge on any atom is -0.493 e. The first-order valence-corrected chi connectivity index (χ1v) is 7.40. The van der Waals surface area contributed by atoms with Gasteiger partial charge in [0, 0.05) is 5.56 Å². The van der Waals surface area contributed by atoms with Crippen LogP contribution in [0.15, 0.2) is 48.5 Å². The molecule has 2 N–H and O–H groups in total. The Balaban J connectivity index is 1.73. The van der Waals surface area contributed by atoms with E-state index in [4.69, 9.17) is 4.74 Å². The summed E-state index contributed by atoms with van der Waals surface area (Å²) in [6.07, 6.45) is 0.155. The number of carbonyl (C=O) groups excluding carboxylic acids is 2. The molecular weight excluding hydrogens is 292 g/mol. The Bertz CT molecular complexity index is 698. The molecular formula is C18H20N2O3. The number of rotatable bonds is 5. The van der Waals surface area contributed by atoms with Gasteiger partial charge in [-0.3, -0.25) is 20.4 Å². The van der Waals surface area contributed by atoms with Crippen molar-refractivity contribution in [1.82, 2.24) is 10.9 Å². The molecule has 0 radical (unpaired) electrons. The first-order chi connectivity index (χ1) is 11.1. The summed E-state index contributed by atoms with van der Waals surface area (Å²) in [4.78, 5) is 23.7. The Morgan fingerprint density at radius 1 is 1.00 bits per heavy atom. The molecule has 0 fully saturated rings. The van der Waals surface area contributed by atoms with Crippen LogP contribution in [-0.4, -0.2) is 18.4 Å². The third-order valence-corrected chi connectivity index (χ3v) is 3.29. The van der Waals surface area contributed by atoms with Crippen LogP contribution in [0.5, 0.6) is 5.75 Å². The Hall–Kier alpha value is -2.82. The van der Waals surface area contributed by atoms with E-state index in [9.17, 15) is 9.59 Å². The number of aryl methyl sites for hydroxylation is 2. The largest absolute Gasteiger partial charge is 0.493 e. The zero-order valence-electron chi connectivity index (χ0n) is 13.3. The lowest BCUT2D eigenvalue weighted by atomic mass is 10.1. The van der Waals surface area contributed by atoms with Crippen LogP contribution < -0.4 is 15.6 Å². The molecule has 0 aliphatic rings. The van der Waals surface area contributed by atoms with E-state index >= 15 is 0 Å². The molecule has 0 spiro atoms. The monoisotopic (exact) mass is 312 g/mol. The van der Waals surface area contributed by atoms with E-state index < -0.39 is 0 Å². The van der Waals surface area contributed by atoms with Crippen LogP contribution in [0, 0.1) is 13.8 Å². The molecule has 5 heteroatoms. The summed E-state index contributed by atoms with van der Waals surface area (Å²) in [7, 11) is 0. The molecule has 0 aromatic heterocycles. The maximum atomic E-state index is 11.9. The number of carbonyl (C=O) groups is 2. The lowest BCUT2D eigenvalue weighted by molar-refractivity contribution is -0.122. The number of ether oxygens (including phenoxy) is 1. The second-order valence-corrected chi connectivity index (χ2v) is 5.23. The van der Waals surface area contributed by atoms with Gasteiger partial charge in [-0.1, -0.05) is 30.3 Å². The molecule has 120 valence electrons. The van der Waals surface area contributed by atoms with Crippen LogP contribution in [0.3, 0.4) is 0 Å². The van der Waals surface area contributed by atoms with Crippen molar-refractivity contribution >= 4 is 11.8 Å². The van der Waals surface area contributed by atoms with Gasteiger partial charge in [0.15, 0.2) is 0 Å². The number of amides is 2. The fourth-order valence-electron chi connectivity index (χ4n) is 2.05. The summed E-state index contributed by atoms with van der Waals surface area (Å²) in [5.41, 5.74) is 7.27. The Labute approximate surface area is 135 Å². The molecule has 5 nitrogen and oxygen atoms in total. The van der Waals surface area contributed by atoms with E-state index in [1.165, 1.54) is 0 Å². The molecule has 0 saturated carbocycles. The van der Waals surface area contributed by atoms with E-state index in [0.29, 0.717) is 5.56 Å². The molecule has 0 heterocycles. The van der Waals surface area contributed by atoms with E-state index in [-0.39, 0.29) is 24.8 Å². The second-order valence-electron chi connectivity index (χ2n) is 5.23. The summed E-state index contributed by atoms with van der Waals surface area (Å²) in [5.74, 6) is 0.0809. The highest BCUT2D eigenvalue weighted by atomic mass is 16.5. The van der Waals surface area contributed by atoms with Gasteiger partial charge < -0.3 is 4.74 Å². The molecule has 2 aromatic rings. The maximum Gasteiger partial charge on any atom is 0.269 e. The highest BCUT2D eigenvalue weighted by Crippen LogP contribution is 2.12. The van der Waals surface area contributed by atoms with Crippen LogP contribution in [0.2, 0.25) is 0 Å². The van der Waals surface area contributed by atoms with Gasteiger partial charge in [-0.25, -0.2) is 0 Å². The van der Waals surface area contributed by atoms with Gasteiger partial charge in [0.1, 0.15) is 5.75 Å². The smallest absolute Gasteiger partial charge is 0.269 e. The summed E-state index contributed by atoms with van der Waals surface area (Å²) in [6.45, 7) is 4.06. The lowest BCUT2D eigenvalue weighted by Gasteiger charge is -2.10. The van der Waals surface area contributed by atoms with Gasteiger partial charge in [0.05, 0.1) is 13.0 Å². The van der Waals surface area contributed by atoms with Crippen LogP contribution >= 0.6 is 0 Å². The predicted molar refractivity (Wildman–Crippen MR) is 88.1 cm³/mol. The number of nitrogens with one attached hydrogen (secondary N) is 2. The van der Waals surface area contributed by atoms with Crippen molar-refractivity contribution in [2.24, 2.45) is 0 Å². The molecule has 2 aromatic carbocycles. The van der Waals surface area contributed by atoms with E-state index in [2.05, 4.69) is 10.9 Å². The summed E-state index contributed by atoms with van der Waals surface area (Å²) in [5, 5.41) is 0. The van der Waals surface area contributed by atoms with Crippen molar-refractivity contribution in [1.29, 1.82) is 0 Å². The first-order valence-electron chi connectivity index (χ1n) is 7.40. The predicted octanol–water partition coefficient (Wildman–Crippen LogP) is 2.53. The van der Waals surface area contributed by atoms with Gasteiger partial charge >= 0.3 is 0 Å². The second kappa shape index (κ2) is 7.98. The van der Waals surface area contributed by atoms with Gasteiger partial charge in [0.2, 0.25) is 5.91 Å². The van der Waals surface area contributed by atoms with Crippen molar-refractivity contribution in [2.45, 2.75) is 20.3 Å². The van der Waals surface area contributed by atoms with Crippen LogP contribution in [0.25, 0.3) is 0 Å². The third kappa shape index (κ3) is 5.14. The molecule has 0 unspecified atom stereocenters. The Morgan fingerprint density at radius 2 is 1.78 bits per heavy atom. The SMILES string of the molecule is Cc1cccc(OCCC(=O)NNC(=O)c2ccccc2C)c1. The molecule has 23 heavy (non-hydrogen) atoms. The zero-order valence-corrected chi connectivity index (χ0v) is 13.3. The Kier molecular flexibility index (Phi) is 5.74. The number of hydrogen-bond acceptors (Lipinski definition) is 3. The van der Waals surface area contributed by atoms with Crippen molar-refractivity contribution < 1.29 is 14.3 Å². The van der Waals surface area contributed by atoms with E-state index in [1.807, 2.05) is 50.2 Å². The topological polar surface area (TPSA) is 67.4 Å². The molecule has 0 atom stereocenters. The number of hydrogen-bond donors (Lipinski definition) is 2. The van der Waals surface area contributed by atoms with Gasteiger partial charge in [-0.2, -0.15) is 0 Å². The summed E-state index contributed by atoms with van der Waals surface area (Å²) >= 11 is 0. The zero-order chi connectivity index (χ0) is 16.7. The fraction of sp³-hybridized carbons (Fsp3) is 0.222. The normalized spacial score (nSPS) is 10.0. The highest BCUT2D eigenvalue weighted by Gasteiger charge is 2.09. The standard InChI is InChI=1S/C18H20N2O3/c1-13-6-5-8-15(12-13)23-11-10-17(21)19-20-18(22)16-9-4-3-7-14(16)2/h3-9,12H,10-11H2,1-2H3,(H,19,21)(H,20,22). The van der Waals surface area contributed by atoms with Gasteiger partial charge in [0.25, 0.3) is 5.91 Å². The van der Waals surface area contributed by atoms with Crippen LogP contribution in [0.1, 0.15) is 27.9 Å². The number of benzene rings is 2. The number of hydrazine groups is 1. The molecule has 2 rings (SSSR count). The van der Waals surface area contributed by atoms with E-state index in [0.717, 1.165) is 16.9 Å². The minimum absolute atomic E-state index is 0.155. The summed E-state index contributed by atoms with van der Waals surface area (Å²) in [6, 6.07) is 14.8. The molecule has 0 aliphatic heterocycles. The van der Waals surface area contributed by atoms with Crippen molar-refractivity contribution in [3.63, 3.8) is 0 Å². The molecule has 0 aliphatic carbocycles.